The Morgan fingerprint density at radius 3 is 2.42 bits per heavy atom. The van der Waals surface area contributed by atoms with Crippen LogP contribution in [0, 0.1) is 0 Å². The molecule has 0 aliphatic carbocycles. The molecule has 1 fully saturated rings. The van der Waals surface area contributed by atoms with Gasteiger partial charge in [0.05, 0.1) is 20.8 Å². The Morgan fingerprint density at radius 1 is 1.12 bits per heavy atom. The van der Waals surface area contributed by atoms with Crippen molar-refractivity contribution in [2.24, 2.45) is 0 Å². The maximum absolute atomic E-state index is 11.2. The molecule has 1 aliphatic heterocycles. The number of methoxy groups -OCH3 is 2. The summed E-state index contributed by atoms with van der Waals surface area (Å²) in [7, 11) is 2.70. The van der Waals surface area contributed by atoms with E-state index < -0.39 is 43.3 Å². The number of carbonyl (C=O) groups excluding carboxylic acids is 1. The number of benzene rings is 1. The Labute approximate surface area is 150 Å². The summed E-state index contributed by atoms with van der Waals surface area (Å²) in [6, 6.07) is 4.69. The molecule has 1 aromatic rings. The molecule has 1 saturated heterocycles. The second-order valence-corrected chi connectivity index (χ2v) is 5.61. The molecule has 0 aromatic heterocycles. The van der Waals surface area contributed by atoms with Gasteiger partial charge in [-0.15, -0.1) is 0 Å². The van der Waals surface area contributed by atoms with E-state index in [4.69, 9.17) is 14.2 Å². The average Bonchev–Trinajstić information content (AvgIpc) is 2.66. The number of rotatable bonds is 6. The van der Waals surface area contributed by atoms with E-state index in [0.29, 0.717) is 11.3 Å². The Balaban J connectivity index is 2.22. The molecule has 1 aliphatic rings. The Bertz CT molecular complexity index is 643. The molecule has 26 heavy (non-hydrogen) atoms. The lowest BCUT2D eigenvalue weighted by atomic mass is 9.99. The SMILES string of the molecule is COC(=O)C=Cc1cc(OC)cc(O[C@@H]2O[C@H](CO)[C@@H](O)[C@H](O)[C@H]2O)c1. The molecule has 5 atom stereocenters. The number of esters is 1. The molecule has 0 saturated carbocycles. The highest BCUT2D eigenvalue weighted by molar-refractivity contribution is 5.87. The van der Waals surface area contributed by atoms with Crippen molar-refractivity contribution < 1.29 is 44.2 Å². The Kier molecular flexibility index (Phi) is 6.95. The fourth-order valence-corrected chi connectivity index (χ4v) is 2.41. The average molecular weight is 370 g/mol. The van der Waals surface area contributed by atoms with Gasteiger partial charge in [0.1, 0.15) is 35.9 Å². The number of aliphatic hydroxyl groups excluding tert-OH is 4. The van der Waals surface area contributed by atoms with Crippen molar-refractivity contribution in [3.63, 3.8) is 0 Å². The van der Waals surface area contributed by atoms with Crippen LogP contribution in [0.4, 0.5) is 0 Å². The van der Waals surface area contributed by atoms with Crippen LogP contribution in [0.1, 0.15) is 5.56 Å². The molecule has 0 radical (unpaired) electrons. The van der Waals surface area contributed by atoms with Crippen LogP contribution in [0.5, 0.6) is 11.5 Å². The third-order valence-electron chi connectivity index (χ3n) is 3.85. The molecule has 144 valence electrons. The van der Waals surface area contributed by atoms with Gasteiger partial charge in [0, 0.05) is 12.1 Å². The van der Waals surface area contributed by atoms with Gasteiger partial charge < -0.3 is 39.4 Å². The van der Waals surface area contributed by atoms with E-state index in [1.807, 2.05) is 0 Å². The molecule has 0 spiro atoms. The van der Waals surface area contributed by atoms with Crippen molar-refractivity contribution in [3.05, 3.63) is 29.8 Å². The van der Waals surface area contributed by atoms with E-state index in [1.54, 1.807) is 12.1 Å². The minimum atomic E-state index is -1.55. The van der Waals surface area contributed by atoms with E-state index in [2.05, 4.69) is 4.74 Å². The first-order chi connectivity index (χ1) is 12.4. The predicted octanol–water partition coefficient (Wildman–Crippen LogP) is -0.940. The first kappa shape index (κ1) is 20.1. The maximum Gasteiger partial charge on any atom is 0.330 e. The molecule has 1 aromatic carbocycles. The van der Waals surface area contributed by atoms with Gasteiger partial charge in [0.25, 0.3) is 0 Å². The number of carbonyl (C=O) groups is 1. The van der Waals surface area contributed by atoms with Gasteiger partial charge in [0.15, 0.2) is 0 Å². The quantitative estimate of drug-likeness (QED) is 0.370. The second kappa shape index (κ2) is 8.97. The molecular formula is C17H22O9. The van der Waals surface area contributed by atoms with E-state index >= 15 is 0 Å². The maximum atomic E-state index is 11.2. The summed E-state index contributed by atoms with van der Waals surface area (Å²) in [5.41, 5.74) is 0.550. The lowest BCUT2D eigenvalue weighted by Crippen LogP contribution is -2.60. The highest BCUT2D eigenvalue weighted by Gasteiger charge is 2.44. The largest absolute Gasteiger partial charge is 0.497 e. The number of hydrogen-bond acceptors (Lipinski definition) is 9. The summed E-state index contributed by atoms with van der Waals surface area (Å²) in [5, 5.41) is 38.9. The van der Waals surface area contributed by atoms with Gasteiger partial charge in [0.2, 0.25) is 6.29 Å². The third kappa shape index (κ3) is 4.71. The van der Waals surface area contributed by atoms with Crippen molar-refractivity contribution in [3.8, 4) is 11.5 Å². The van der Waals surface area contributed by atoms with Crippen LogP contribution in [-0.2, 0) is 14.3 Å². The number of ether oxygens (including phenoxy) is 4. The fraction of sp³-hybridized carbons (Fsp3) is 0.471. The number of hydrogen-bond donors (Lipinski definition) is 4. The van der Waals surface area contributed by atoms with Crippen molar-refractivity contribution in [2.75, 3.05) is 20.8 Å². The van der Waals surface area contributed by atoms with E-state index in [1.165, 1.54) is 32.4 Å². The summed E-state index contributed by atoms with van der Waals surface area (Å²) < 4.78 is 20.5. The number of aliphatic hydroxyl groups is 4. The lowest BCUT2D eigenvalue weighted by Gasteiger charge is -2.39. The molecule has 0 bridgehead atoms. The highest BCUT2D eigenvalue weighted by atomic mass is 16.7. The van der Waals surface area contributed by atoms with Crippen LogP contribution in [0.3, 0.4) is 0 Å². The molecule has 9 nitrogen and oxygen atoms in total. The highest BCUT2D eigenvalue weighted by Crippen LogP contribution is 2.28. The van der Waals surface area contributed by atoms with Crippen molar-refractivity contribution in [2.45, 2.75) is 30.7 Å². The van der Waals surface area contributed by atoms with Crippen LogP contribution in [0.2, 0.25) is 0 Å². The van der Waals surface area contributed by atoms with Gasteiger partial charge in [-0.3, -0.25) is 0 Å². The zero-order valence-corrected chi connectivity index (χ0v) is 14.3. The zero-order valence-electron chi connectivity index (χ0n) is 14.3. The minimum absolute atomic E-state index is 0.221. The molecule has 4 N–H and O–H groups in total. The van der Waals surface area contributed by atoms with E-state index in [0.717, 1.165) is 0 Å². The van der Waals surface area contributed by atoms with Crippen LogP contribution in [0.25, 0.3) is 6.08 Å². The van der Waals surface area contributed by atoms with Crippen LogP contribution < -0.4 is 9.47 Å². The topological polar surface area (TPSA) is 135 Å². The first-order valence-electron chi connectivity index (χ1n) is 7.82. The third-order valence-corrected chi connectivity index (χ3v) is 3.85. The summed E-state index contributed by atoms with van der Waals surface area (Å²) in [6.45, 7) is -0.559. The summed E-state index contributed by atoms with van der Waals surface area (Å²) >= 11 is 0. The minimum Gasteiger partial charge on any atom is -0.497 e. The van der Waals surface area contributed by atoms with Gasteiger partial charge in [-0.2, -0.15) is 0 Å². The van der Waals surface area contributed by atoms with Crippen LogP contribution in [-0.4, -0.2) is 77.9 Å². The molecular weight excluding hydrogens is 348 g/mol. The van der Waals surface area contributed by atoms with Crippen molar-refractivity contribution in [1.82, 2.24) is 0 Å². The molecule has 9 heteroatoms. The first-order valence-corrected chi connectivity index (χ1v) is 7.82. The van der Waals surface area contributed by atoms with Crippen LogP contribution in [0.15, 0.2) is 24.3 Å². The summed E-state index contributed by atoms with van der Waals surface area (Å²) in [6.07, 6.45) is -4.26. The second-order valence-electron chi connectivity index (χ2n) is 5.61. The fourth-order valence-electron chi connectivity index (χ4n) is 2.41. The smallest absolute Gasteiger partial charge is 0.330 e. The van der Waals surface area contributed by atoms with Gasteiger partial charge >= 0.3 is 5.97 Å². The lowest BCUT2D eigenvalue weighted by molar-refractivity contribution is -0.277. The van der Waals surface area contributed by atoms with Gasteiger partial charge in [-0.05, 0) is 23.8 Å². The van der Waals surface area contributed by atoms with E-state index in [-0.39, 0.29) is 5.75 Å². The van der Waals surface area contributed by atoms with E-state index in [9.17, 15) is 25.2 Å². The normalized spacial score (nSPS) is 28.8. The van der Waals surface area contributed by atoms with Crippen molar-refractivity contribution in [1.29, 1.82) is 0 Å². The molecule has 2 rings (SSSR count). The van der Waals surface area contributed by atoms with Crippen LogP contribution >= 0.6 is 0 Å². The molecule has 0 amide bonds. The monoisotopic (exact) mass is 370 g/mol. The van der Waals surface area contributed by atoms with Gasteiger partial charge in [-0.1, -0.05) is 0 Å². The standard InChI is InChI=1S/C17H22O9/c1-23-10-5-9(3-4-13(19)24-2)6-11(7-10)25-17-16(22)15(21)14(20)12(8-18)26-17/h3-7,12,14-18,20-22H,8H2,1-2H3/t12-,14-,15+,16-,17-/m1/s1. The Morgan fingerprint density at radius 2 is 1.81 bits per heavy atom. The molecule has 1 heterocycles. The van der Waals surface area contributed by atoms with Gasteiger partial charge in [-0.25, -0.2) is 4.79 Å². The molecule has 0 unspecified atom stereocenters. The summed E-state index contributed by atoms with van der Waals surface area (Å²) in [5.74, 6) is 0.0963. The van der Waals surface area contributed by atoms with Crippen molar-refractivity contribution >= 4 is 12.0 Å². The zero-order chi connectivity index (χ0) is 19.3. The predicted molar refractivity (Wildman–Crippen MR) is 88.4 cm³/mol. The Hall–Kier alpha value is -2.17. The summed E-state index contributed by atoms with van der Waals surface area (Å²) in [4.78, 5) is 11.2.